The van der Waals surface area contributed by atoms with Gasteiger partial charge in [-0.2, -0.15) is 0 Å². The summed E-state index contributed by atoms with van der Waals surface area (Å²) in [5.41, 5.74) is 0.0664. The fourth-order valence-electron chi connectivity index (χ4n) is 2.91. The van der Waals surface area contributed by atoms with Crippen LogP contribution in [0.15, 0.2) is 24.3 Å². The Bertz CT molecular complexity index is 532. The van der Waals surface area contributed by atoms with Gasteiger partial charge in [0, 0.05) is 18.0 Å². The lowest BCUT2D eigenvalue weighted by Gasteiger charge is -2.36. The van der Waals surface area contributed by atoms with Gasteiger partial charge in [-0.15, -0.1) is 0 Å². The van der Waals surface area contributed by atoms with Crippen LogP contribution in [0.2, 0.25) is 5.02 Å². The predicted molar refractivity (Wildman–Crippen MR) is 81.6 cm³/mol. The highest BCUT2D eigenvalue weighted by Gasteiger charge is 2.42. The summed E-state index contributed by atoms with van der Waals surface area (Å²) in [7, 11) is 0. The molecule has 21 heavy (non-hydrogen) atoms. The minimum absolute atomic E-state index is 0.138. The number of hydrogen-bond acceptors (Lipinski definition) is 3. The monoisotopic (exact) mass is 309 g/mol. The maximum absolute atomic E-state index is 12.6. The molecule has 0 aromatic heterocycles. The molecule has 0 unspecified atom stereocenters. The molecule has 0 spiro atoms. The minimum Gasteiger partial charge on any atom is -0.450 e. The first-order valence-corrected chi connectivity index (χ1v) is 7.67. The second-order valence-electron chi connectivity index (χ2n) is 5.27. The molecule has 0 heterocycles. The van der Waals surface area contributed by atoms with Gasteiger partial charge >= 0.3 is 6.09 Å². The lowest BCUT2D eigenvalue weighted by atomic mass is 9.68. The molecule has 114 valence electrons. The van der Waals surface area contributed by atoms with E-state index in [9.17, 15) is 9.59 Å². The molecule has 1 atom stereocenters. The quantitative estimate of drug-likeness (QED) is 0.926. The topological polar surface area (TPSA) is 55.4 Å². The molecule has 4 nitrogen and oxygen atoms in total. The van der Waals surface area contributed by atoms with Crippen LogP contribution in [-0.4, -0.2) is 25.0 Å². The average molecular weight is 310 g/mol. The first-order chi connectivity index (χ1) is 10.1. The van der Waals surface area contributed by atoms with Gasteiger partial charge in [-0.05, 0) is 31.4 Å². The molecule has 0 aliphatic heterocycles. The van der Waals surface area contributed by atoms with Crippen molar-refractivity contribution in [3.8, 4) is 0 Å². The number of benzene rings is 1. The highest BCUT2D eigenvalue weighted by Crippen LogP contribution is 2.39. The normalized spacial score (nSPS) is 21.9. The highest BCUT2D eigenvalue weighted by atomic mass is 35.5. The van der Waals surface area contributed by atoms with Crippen molar-refractivity contribution in [2.45, 2.75) is 38.0 Å². The van der Waals surface area contributed by atoms with Crippen LogP contribution in [0.1, 0.15) is 38.2 Å². The third kappa shape index (κ3) is 3.38. The van der Waals surface area contributed by atoms with Gasteiger partial charge in [0.05, 0.1) is 12.0 Å². The Morgan fingerprint density at radius 1 is 1.38 bits per heavy atom. The number of carbonyl (C=O) groups excluding carboxylic acids is 2. The summed E-state index contributed by atoms with van der Waals surface area (Å²) in [5, 5.41) is 3.28. The maximum atomic E-state index is 12.6. The summed E-state index contributed by atoms with van der Waals surface area (Å²) < 4.78 is 4.88. The SMILES string of the molecule is CCOC(=O)NC[C@@]1(c2ccccc2Cl)CCCCC1=O. The van der Waals surface area contributed by atoms with E-state index in [1.807, 2.05) is 18.2 Å². The van der Waals surface area contributed by atoms with Gasteiger partial charge in [0.2, 0.25) is 0 Å². The van der Waals surface area contributed by atoms with E-state index in [2.05, 4.69) is 5.32 Å². The van der Waals surface area contributed by atoms with Gasteiger partial charge in [-0.1, -0.05) is 36.2 Å². The van der Waals surface area contributed by atoms with E-state index in [1.165, 1.54) is 0 Å². The molecule has 2 rings (SSSR count). The highest BCUT2D eigenvalue weighted by molar-refractivity contribution is 6.31. The van der Waals surface area contributed by atoms with Crippen LogP contribution < -0.4 is 5.32 Å². The molecule has 5 heteroatoms. The zero-order chi connectivity index (χ0) is 15.3. The molecule has 1 aliphatic rings. The number of ether oxygens (including phenoxy) is 1. The van der Waals surface area contributed by atoms with E-state index in [1.54, 1.807) is 13.0 Å². The van der Waals surface area contributed by atoms with Crippen molar-refractivity contribution in [2.24, 2.45) is 0 Å². The summed E-state index contributed by atoms with van der Waals surface area (Å²) in [5.74, 6) is 0.138. The molecular formula is C16H20ClNO3. The van der Waals surface area contributed by atoms with Crippen LogP contribution in [0.25, 0.3) is 0 Å². The van der Waals surface area contributed by atoms with Crippen LogP contribution in [-0.2, 0) is 14.9 Å². The van der Waals surface area contributed by atoms with Crippen LogP contribution in [0.3, 0.4) is 0 Å². The van der Waals surface area contributed by atoms with Crippen LogP contribution in [0.4, 0.5) is 4.79 Å². The molecule has 1 amide bonds. The van der Waals surface area contributed by atoms with Gasteiger partial charge in [0.1, 0.15) is 5.78 Å². The van der Waals surface area contributed by atoms with E-state index < -0.39 is 11.5 Å². The minimum atomic E-state index is -0.733. The van der Waals surface area contributed by atoms with E-state index in [-0.39, 0.29) is 12.3 Å². The van der Waals surface area contributed by atoms with Crippen molar-refractivity contribution in [1.82, 2.24) is 5.32 Å². The maximum Gasteiger partial charge on any atom is 0.407 e. The van der Waals surface area contributed by atoms with Gasteiger partial charge in [0.15, 0.2) is 0 Å². The Morgan fingerprint density at radius 2 is 2.14 bits per heavy atom. The second-order valence-corrected chi connectivity index (χ2v) is 5.67. The van der Waals surface area contributed by atoms with E-state index >= 15 is 0 Å². The second kappa shape index (κ2) is 6.94. The fourth-order valence-corrected chi connectivity index (χ4v) is 3.23. The first kappa shape index (κ1) is 15.8. The molecule has 1 N–H and O–H groups in total. The molecule has 1 aromatic carbocycles. The number of Topliss-reactive ketones (excluding diaryl/α,β-unsaturated/α-hetero) is 1. The number of alkyl carbamates (subject to hydrolysis) is 1. The molecule has 1 fully saturated rings. The summed E-state index contributed by atoms with van der Waals surface area (Å²) in [6.07, 6.45) is 2.56. The first-order valence-electron chi connectivity index (χ1n) is 7.29. The number of nitrogens with one attached hydrogen (secondary N) is 1. The smallest absolute Gasteiger partial charge is 0.407 e. The van der Waals surface area contributed by atoms with Crippen molar-refractivity contribution >= 4 is 23.5 Å². The number of amides is 1. The molecule has 1 aliphatic carbocycles. The fraction of sp³-hybridized carbons (Fsp3) is 0.500. The molecule has 1 aromatic rings. The lowest BCUT2D eigenvalue weighted by Crippen LogP contribution is -2.48. The predicted octanol–water partition coefficient (Wildman–Crippen LogP) is 3.47. The molecule has 0 saturated heterocycles. The zero-order valence-corrected chi connectivity index (χ0v) is 12.9. The summed E-state index contributed by atoms with van der Waals surface area (Å²) in [6.45, 7) is 2.28. The number of rotatable bonds is 4. The van der Waals surface area contributed by atoms with E-state index in [0.717, 1.165) is 18.4 Å². The number of carbonyl (C=O) groups is 2. The van der Waals surface area contributed by atoms with Gasteiger partial charge in [-0.25, -0.2) is 4.79 Å². The van der Waals surface area contributed by atoms with Crippen molar-refractivity contribution in [3.05, 3.63) is 34.9 Å². The van der Waals surface area contributed by atoms with Gasteiger partial charge in [-0.3, -0.25) is 4.79 Å². The Labute approximate surface area is 129 Å². The van der Waals surface area contributed by atoms with E-state index in [0.29, 0.717) is 24.5 Å². The zero-order valence-electron chi connectivity index (χ0n) is 12.2. The number of halogens is 1. The number of ketones is 1. The molecule has 1 saturated carbocycles. The molecule has 0 radical (unpaired) electrons. The third-order valence-electron chi connectivity index (χ3n) is 3.99. The van der Waals surface area contributed by atoms with Crippen molar-refractivity contribution in [3.63, 3.8) is 0 Å². The Hall–Kier alpha value is -1.55. The summed E-state index contributed by atoms with van der Waals surface area (Å²) in [4.78, 5) is 24.2. The summed E-state index contributed by atoms with van der Waals surface area (Å²) >= 11 is 6.29. The van der Waals surface area contributed by atoms with Crippen LogP contribution in [0, 0.1) is 0 Å². The average Bonchev–Trinajstić information content (AvgIpc) is 2.48. The summed E-state index contributed by atoms with van der Waals surface area (Å²) in [6, 6.07) is 7.37. The standard InChI is InChI=1S/C16H20ClNO3/c1-2-21-15(20)18-11-16(10-6-5-9-14(16)19)12-7-3-4-8-13(12)17/h3-4,7-8H,2,5-6,9-11H2,1H3,(H,18,20)/t16-/m1/s1. The van der Waals surface area contributed by atoms with Gasteiger partial charge < -0.3 is 10.1 Å². The lowest BCUT2D eigenvalue weighted by molar-refractivity contribution is -0.126. The Balaban J connectivity index is 2.29. The van der Waals surface area contributed by atoms with E-state index in [4.69, 9.17) is 16.3 Å². The Morgan fingerprint density at radius 3 is 2.81 bits per heavy atom. The number of hydrogen-bond donors (Lipinski definition) is 1. The van der Waals surface area contributed by atoms with Crippen molar-refractivity contribution < 1.29 is 14.3 Å². The van der Waals surface area contributed by atoms with Crippen molar-refractivity contribution in [1.29, 1.82) is 0 Å². The largest absolute Gasteiger partial charge is 0.450 e. The third-order valence-corrected chi connectivity index (χ3v) is 4.32. The van der Waals surface area contributed by atoms with Gasteiger partial charge in [0.25, 0.3) is 0 Å². The van der Waals surface area contributed by atoms with Crippen LogP contribution in [0.5, 0.6) is 0 Å². The molecular weight excluding hydrogens is 290 g/mol. The van der Waals surface area contributed by atoms with Crippen LogP contribution >= 0.6 is 11.6 Å². The Kier molecular flexibility index (Phi) is 5.23. The van der Waals surface area contributed by atoms with Crippen molar-refractivity contribution in [2.75, 3.05) is 13.2 Å². The molecule has 0 bridgehead atoms.